The van der Waals surface area contributed by atoms with Gasteiger partial charge in [-0.3, -0.25) is 14.4 Å². The number of hydrogen-bond donors (Lipinski definition) is 3. The zero-order valence-electron chi connectivity index (χ0n) is 19.1. The molecule has 0 heterocycles. The van der Waals surface area contributed by atoms with Crippen molar-refractivity contribution >= 4 is 33.5 Å². The van der Waals surface area contributed by atoms with Gasteiger partial charge < -0.3 is 15.4 Å². The van der Waals surface area contributed by atoms with E-state index in [4.69, 9.17) is 4.74 Å². The number of hydrogen-bond acceptors (Lipinski definition) is 6. The SMILES string of the molecule is Cc1ccc(S(=O)(=O)NCC(=O)OCC(=O)Nc2ccccc2C(=O)NCC(C)C)cc1C. The van der Waals surface area contributed by atoms with Crippen molar-refractivity contribution in [3.8, 4) is 0 Å². The Kier molecular flexibility index (Phi) is 9.12. The molecule has 0 aliphatic heterocycles. The second kappa shape index (κ2) is 11.6. The summed E-state index contributed by atoms with van der Waals surface area (Å²) < 4.78 is 31.7. The van der Waals surface area contributed by atoms with Crippen LogP contribution < -0.4 is 15.4 Å². The predicted octanol–water partition coefficient (Wildman–Crippen LogP) is 2.15. The number of aryl methyl sites for hydroxylation is 2. The van der Waals surface area contributed by atoms with Gasteiger partial charge in [0, 0.05) is 6.54 Å². The molecule has 0 fully saturated rings. The standard InChI is InChI=1S/C23H29N3O6S/c1-15(2)12-24-23(29)19-7-5-6-8-20(19)26-21(27)14-32-22(28)13-25-33(30,31)18-10-9-16(3)17(4)11-18/h5-11,15,25H,12-14H2,1-4H3,(H,24,29)(H,26,27). The fourth-order valence-electron chi connectivity index (χ4n) is 2.68. The lowest BCUT2D eigenvalue weighted by atomic mass is 10.1. The minimum Gasteiger partial charge on any atom is -0.455 e. The Morgan fingerprint density at radius 2 is 1.70 bits per heavy atom. The van der Waals surface area contributed by atoms with E-state index in [-0.39, 0.29) is 28.0 Å². The summed E-state index contributed by atoms with van der Waals surface area (Å²) in [6, 6.07) is 11.1. The van der Waals surface area contributed by atoms with Gasteiger partial charge in [0.2, 0.25) is 10.0 Å². The molecule has 0 spiro atoms. The molecule has 33 heavy (non-hydrogen) atoms. The lowest BCUT2D eigenvalue weighted by molar-refractivity contribution is -0.146. The molecule has 0 aromatic heterocycles. The van der Waals surface area contributed by atoms with Gasteiger partial charge in [-0.1, -0.05) is 32.0 Å². The number of carbonyl (C=O) groups is 3. The summed E-state index contributed by atoms with van der Waals surface area (Å²) in [6.07, 6.45) is 0. The molecule has 2 aromatic carbocycles. The van der Waals surface area contributed by atoms with Gasteiger partial charge in [-0.2, -0.15) is 4.72 Å². The molecule has 178 valence electrons. The minimum atomic E-state index is -3.90. The molecule has 3 N–H and O–H groups in total. The molecule has 2 aromatic rings. The normalized spacial score (nSPS) is 11.2. The zero-order valence-corrected chi connectivity index (χ0v) is 19.9. The Morgan fingerprint density at radius 1 is 1.00 bits per heavy atom. The monoisotopic (exact) mass is 475 g/mol. The molecular weight excluding hydrogens is 446 g/mol. The highest BCUT2D eigenvalue weighted by molar-refractivity contribution is 7.89. The van der Waals surface area contributed by atoms with Gasteiger partial charge in [0.05, 0.1) is 16.1 Å². The maximum atomic E-state index is 12.3. The fourth-order valence-corrected chi connectivity index (χ4v) is 3.74. The highest BCUT2D eigenvalue weighted by Crippen LogP contribution is 2.16. The zero-order chi connectivity index (χ0) is 24.6. The van der Waals surface area contributed by atoms with Crippen LogP contribution in [0.2, 0.25) is 0 Å². The number of para-hydroxylation sites is 1. The van der Waals surface area contributed by atoms with Crippen molar-refractivity contribution in [3.05, 3.63) is 59.2 Å². The fraction of sp³-hybridized carbons (Fsp3) is 0.348. The van der Waals surface area contributed by atoms with E-state index < -0.39 is 35.1 Å². The van der Waals surface area contributed by atoms with Crippen LogP contribution in [-0.2, 0) is 24.3 Å². The molecular formula is C23H29N3O6S. The third-order valence-electron chi connectivity index (χ3n) is 4.68. The lowest BCUT2D eigenvalue weighted by Gasteiger charge is -2.13. The van der Waals surface area contributed by atoms with Crippen LogP contribution in [0.25, 0.3) is 0 Å². The molecule has 2 rings (SSSR count). The number of ether oxygens (including phenoxy) is 1. The third-order valence-corrected chi connectivity index (χ3v) is 6.08. The maximum absolute atomic E-state index is 12.3. The first kappa shape index (κ1) is 26.0. The van der Waals surface area contributed by atoms with E-state index in [0.717, 1.165) is 11.1 Å². The maximum Gasteiger partial charge on any atom is 0.321 e. The molecule has 0 bridgehead atoms. The van der Waals surface area contributed by atoms with Crippen molar-refractivity contribution in [1.82, 2.24) is 10.0 Å². The second-order valence-corrected chi connectivity index (χ2v) is 9.70. The van der Waals surface area contributed by atoms with Crippen molar-refractivity contribution in [3.63, 3.8) is 0 Å². The topological polar surface area (TPSA) is 131 Å². The molecule has 2 amide bonds. The minimum absolute atomic E-state index is 0.0310. The van der Waals surface area contributed by atoms with E-state index in [1.165, 1.54) is 12.1 Å². The average Bonchev–Trinajstić information content (AvgIpc) is 2.76. The number of esters is 1. The van der Waals surface area contributed by atoms with Crippen molar-refractivity contribution < 1.29 is 27.5 Å². The smallest absolute Gasteiger partial charge is 0.321 e. The molecule has 0 radical (unpaired) electrons. The van der Waals surface area contributed by atoms with Crippen molar-refractivity contribution in [2.24, 2.45) is 5.92 Å². The van der Waals surface area contributed by atoms with Crippen LogP contribution in [0.3, 0.4) is 0 Å². The van der Waals surface area contributed by atoms with Gasteiger partial charge >= 0.3 is 5.97 Å². The van der Waals surface area contributed by atoms with E-state index in [1.807, 2.05) is 20.8 Å². The molecule has 0 aliphatic rings. The van der Waals surface area contributed by atoms with Crippen LogP contribution in [0.5, 0.6) is 0 Å². The summed E-state index contributed by atoms with van der Waals surface area (Å²) in [5, 5.41) is 5.30. The van der Waals surface area contributed by atoms with E-state index in [9.17, 15) is 22.8 Å². The Labute approximate surface area is 194 Å². The van der Waals surface area contributed by atoms with Crippen LogP contribution in [-0.4, -0.2) is 45.9 Å². The Morgan fingerprint density at radius 3 is 2.36 bits per heavy atom. The number of benzene rings is 2. The summed E-state index contributed by atoms with van der Waals surface area (Å²) in [5.74, 6) is -1.65. The highest BCUT2D eigenvalue weighted by Gasteiger charge is 2.18. The van der Waals surface area contributed by atoms with Crippen LogP contribution in [0.1, 0.15) is 35.3 Å². The van der Waals surface area contributed by atoms with Crippen molar-refractivity contribution in [2.45, 2.75) is 32.6 Å². The molecule has 0 saturated heterocycles. The number of sulfonamides is 1. The number of anilines is 1. The largest absolute Gasteiger partial charge is 0.455 e. The van der Waals surface area contributed by atoms with E-state index in [1.54, 1.807) is 37.3 Å². The number of nitrogens with one attached hydrogen (secondary N) is 3. The van der Waals surface area contributed by atoms with Gasteiger partial charge in [-0.15, -0.1) is 0 Å². The first-order valence-corrected chi connectivity index (χ1v) is 11.9. The van der Waals surface area contributed by atoms with E-state index in [2.05, 4.69) is 15.4 Å². The Hall–Kier alpha value is -3.24. The quantitative estimate of drug-likeness (QED) is 0.452. The summed E-state index contributed by atoms with van der Waals surface area (Å²) >= 11 is 0. The molecule has 0 saturated carbocycles. The first-order chi connectivity index (χ1) is 15.5. The van der Waals surface area contributed by atoms with Gasteiger partial charge in [0.25, 0.3) is 11.8 Å². The summed E-state index contributed by atoms with van der Waals surface area (Å²) in [5.41, 5.74) is 2.29. The molecule has 10 heteroatoms. The molecule has 0 unspecified atom stereocenters. The van der Waals surface area contributed by atoms with Crippen LogP contribution in [0.4, 0.5) is 5.69 Å². The Bertz CT molecular complexity index is 1130. The number of amides is 2. The van der Waals surface area contributed by atoms with Gasteiger partial charge in [0.15, 0.2) is 6.61 Å². The van der Waals surface area contributed by atoms with Crippen LogP contribution in [0.15, 0.2) is 47.4 Å². The third kappa shape index (κ3) is 7.99. The second-order valence-electron chi connectivity index (χ2n) is 7.93. The number of carbonyl (C=O) groups excluding carboxylic acids is 3. The number of rotatable bonds is 10. The van der Waals surface area contributed by atoms with Crippen LogP contribution >= 0.6 is 0 Å². The van der Waals surface area contributed by atoms with Gasteiger partial charge in [-0.05, 0) is 55.2 Å². The molecule has 0 aliphatic carbocycles. The summed E-state index contributed by atoms with van der Waals surface area (Å²) in [4.78, 5) is 36.5. The Balaban J connectivity index is 1.88. The lowest BCUT2D eigenvalue weighted by Crippen LogP contribution is -2.32. The highest BCUT2D eigenvalue weighted by atomic mass is 32.2. The summed E-state index contributed by atoms with van der Waals surface area (Å²) in [7, 11) is -3.90. The summed E-state index contributed by atoms with van der Waals surface area (Å²) in [6.45, 7) is 6.79. The van der Waals surface area contributed by atoms with Crippen molar-refractivity contribution in [1.29, 1.82) is 0 Å². The van der Waals surface area contributed by atoms with Gasteiger partial charge in [-0.25, -0.2) is 8.42 Å². The first-order valence-electron chi connectivity index (χ1n) is 10.4. The van der Waals surface area contributed by atoms with Crippen LogP contribution in [0, 0.1) is 19.8 Å². The van der Waals surface area contributed by atoms with E-state index in [0.29, 0.717) is 6.54 Å². The predicted molar refractivity (Wildman–Crippen MR) is 124 cm³/mol. The van der Waals surface area contributed by atoms with Gasteiger partial charge in [0.1, 0.15) is 6.54 Å². The van der Waals surface area contributed by atoms with E-state index >= 15 is 0 Å². The molecule has 0 atom stereocenters. The average molecular weight is 476 g/mol. The molecule has 9 nitrogen and oxygen atoms in total. The van der Waals surface area contributed by atoms with Crippen molar-refractivity contribution in [2.75, 3.05) is 25.0 Å².